The molecule has 1 saturated heterocycles. The first-order valence-corrected chi connectivity index (χ1v) is 7.99. The minimum Gasteiger partial charge on any atom is -0.497 e. The topological polar surface area (TPSA) is 85.1 Å². The maximum absolute atomic E-state index is 12.4. The summed E-state index contributed by atoms with van der Waals surface area (Å²) in [7, 11) is 3.12. The summed E-state index contributed by atoms with van der Waals surface area (Å²) in [5, 5.41) is 0. The second-order valence-corrected chi connectivity index (χ2v) is 5.80. The number of carbonyl (C=O) groups excluding carboxylic acids is 2. The normalized spacial score (nSPS) is 16.0. The van der Waals surface area contributed by atoms with Crippen molar-refractivity contribution in [3.05, 3.63) is 29.8 Å². The first-order chi connectivity index (χ1) is 11.5. The predicted octanol–water partition coefficient (Wildman–Crippen LogP) is -0.118. The van der Waals surface area contributed by atoms with Crippen LogP contribution in [-0.4, -0.2) is 74.7 Å². The summed E-state index contributed by atoms with van der Waals surface area (Å²) in [5.41, 5.74) is 6.69. The number of amides is 2. The van der Waals surface area contributed by atoms with Crippen LogP contribution in [0.1, 0.15) is 5.56 Å². The Kier molecular flexibility index (Phi) is 6.57. The molecule has 2 amide bonds. The van der Waals surface area contributed by atoms with E-state index in [0.29, 0.717) is 32.6 Å². The number of piperazine rings is 1. The number of nitrogens with zero attached hydrogens (tertiary/aromatic N) is 2. The molecule has 1 unspecified atom stereocenters. The van der Waals surface area contributed by atoms with Crippen LogP contribution in [0.3, 0.4) is 0 Å². The van der Waals surface area contributed by atoms with E-state index in [-0.39, 0.29) is 18.4 Å². The highest BCUT2D eigenvalue weighted by molar-refractivity contribution is 5.83. The Bertz CT molecular complexity index is 571. The first kappa shape index (κ1) is 18.2. The van der Waals surface area contributed by atoms with Crippen molar-refractivity contribution in [2.75, 3.05) is 47.0 Å². The third kappa shape index (κ3) is 4.69. The second kappa shape index (κ2) is 8.65. The van der Waals surface area contributed by atoms with Crippen molar-refractivity contribution in [3.63, 3.8) is 0 Å². The van der Waals surface area contributed by atoms with Gasteiger partial charge in [0.1, 0.15) is 11.8 Å². The fraction of sp³-hybridized carbons (Fsp3) is 0.529. The molecule has 0 aliphatic carbocycles. The number of methoxy groups -OCH3 is 2. The van der Waals surface area contributed by atoms with Crippen LogP contribution < -0.4 is 10.5 Å². The van der Waals surface area contributed by atoms with E-state index >= 15 is 0 Å². The Balaban J connectivity index is 1.85. The van der Waals surface area contributed by atoms with E-state index in [2.05, 4.69) is 0 Å². The fourth-order valence-corrected chi connectivity index (χ4v) is 2.73. The monoisotopic (exact) mass is 335 g/mol. The van der Waals surface area contributed by atoms with E-state index < -0.39 is 6.04 Å². The van der Waals surface area contributed by atoms with Crippen LogP contribution in [0, 0.1) is 0 Å². The zero-order valence-electron chi connectivity index (χ0n) is 14.2. The van der Waals surface area contributed by atoms with Crippen LogP contribution in [0.4, 0.5) is 0 Å². The minimum absolute atomic E-state index is 0.0524. The van der Waals surface area contributed by atoms with Gasteiger partial charge in [-0.1, -0.05) is 12.1 Å². The lowest BCUT2D eigenvalue weighted by Gasteiger charge is -2.36. The lowest BCUT2D eigenvalue weighted by molar-refractivity contribution is -0.140. The number of ether oxygens (including phenoxy) is 2. The molecule has 7 nitrogen and oxygen atoms in total. The van der Waals surface area contributed by atoms with E-state index in [9.17, 15) is 9.59 Å². The maximum atomic E-state index is 12.4. The third-order valence-corrected chi connectivity index (χ3v) is 4.10. The summed E-state index contributed by atoms with van der Waals surface area (Å²) in [5.74, 6) is 0.663. The summed E-state index contributed by atoms with van der Waals surface area (Å²) in [6, 6.07) is 6.84. The number of hydrogen-bond donors (Lipinski definition) is 1. The zero-order valence-corrected chi connectivity index (χ0v) is 14.2. The Labute approximate surface area is 142 Å². The largest absolute Gasteiger partial charge is 0.497 e. The van der Waals surface area contributed by atoms with Crippen molar-refractivity contribution >= 4 is 11.8 Å². The van der Waals surface area contributed by atoms with Crippen molar-refractivity contribution in [3.8, 4) is 5.75 Å². The predicted molar refractivity (Wildman–Crippen MR) is 89.7 cm³/mol. The summed E-state index contributed by atoms with van der Waals surface area (Å²) >= 11 is 0. The molecule has 2 rings (SSSR count). The highest BCUT2D eigenvalue weighted by atomic mass is 16.5. The van der Waals surface area contributed by atoms with E-state index in [0.717, 1.165) is 11.3 Å². The van der Waals surface area contributed by atoms with Gasteiger partial charge >= 0.3 is 0 Å². The van der Waals surface area contributed by atoms with Crippen LogP contribution in [0.25, 0.3) is 0 Å². The average Bonchev–Trinajstić information content (AvgIpc) is 2.61. The Morgan fingerprint density at radius 1 is 1.17 bits per heavy atom. The molecule has 0 aromatic heterocycles. The highest BCUT2D eigenvalue weighted by Gasteiger charge is 2.27. The van der Waals surface area contributed by atoms with E-state index in [1.54, 1.807) is 16.9 Å². The van der Waals surface area contributed by atoms with Crippen LogP contribution in [-0.2, 0) is 20.7 Å². The van der Waals surface area contributed by atoms with E-state index in [4.69, 9.17) is 15.2 Å². The molecule has 0 radical (unpaired) electrons. The molecule has 1 aromatic rings. The van der Waals surface area contributed by atoms with Gasteiger partial charge in [-0.3, -0.25) is 9.59 Å². The van der Waals surface area contributed by atoms with Crippen LogP contribution in [0.5, 0.6) is 5.75 Å². The zero-order chi connectivity index (χ0) is 17.5. The quantitative estimate of drug-likeness (QED) is 0.784. The fourth-order valence-electron chi connectivity index (χ4n) is 2.73. The van der Waals surface area contributed by atoms with Crippen molar-refractivity contribution < 1.29 is 19.1 Å². The van der Waals surface area contributed by atoms with Gasteiger partial charge in [-0.2, -0.15) is 0 Å². The summed E-state index contributed by atoms with van der Waals surface area (Å²) < 4.78 is 10.1. The van der Waals surface area contributed by atoms with Crippen LogP contribution in [0.2, 0.25) is 0 Å². The number of carbonyl (C=O) groups is 2. The third-order valence-electron chi connectivity index (χ3n) is 4.10. The molecule has 0 spiro atoms. The average molecular weight is 335 g/mol. The van der Waals surface area contributed by atoms with E-state index in [1.165, 1.54) is 7.11 Å². The molecule has 0 saturated carbocycles. The van der Waals surface area contributed by atoms with Gasteiger partial charge < -0.3 is 25.0 Å². The lowest BCUT2D eigenvalue weighted by Crippen LogP contribution is -2.55. The molecule has 1 aliphatic heterocycles. The minimum atomic E-state index is -0.644. The maximum Gasteiger partial charge on any atom is 0.241 e. The van der Waals surface area contributed by atoms with Gasteiger partial charge in [0.15, 0.2) is 0 Å². The van der Waals surface area contributed by atoms with Crippen LogP contribution in [0.15, 0.2) is 24.3 Å². The van der Waals surface area contributed by atoms with Crippen molar-refractivity contribution in [1.29, 1.82) is 0 Å². The molecule has 1 heterocycles. The molecule has 7 heteroatoms. The molecule has 1 fully saturated rings. The van der Waals surface area contributed by atoms with Gasteiger partial charge in [0, 0.05) is 33.3 Å². The summed E-state index contributed by atoms with van der Waals surface area (Å²) in [4.78, 5) is 28.0. The molecule has 132 valence electrons. The second-order valence-electron chi connectivity index (χ2n) is 5.80. The lowest BCUT2D eigenvalue weighted by atomic mass is 10.1. The van der Waals surface area contributed by atoms with Gasteiger partial charge in [-0.25, -0.2) is 0 Å². The number of hydrogen-bond acceptors (Lipinski definition) is 5. The number of benzene rings is 1. The molecule has 0 bridgehead atoms. The smallest absolute Gasteiger partial charge is 0.241 e. The van der Waals surface area contributed by atoms with Crippen molar-refractivity contribution in [2.45, 2.75) is 12.5 Å². The molecular formula is C17H25N3O4. The molecule has 1 aromatic carbocycles. The SMILES string of the molecule is COCC(N)C(=O)N1CCN(C(=O)Cc2cccc(OC)c2)CC1. The Morgan fingerprint density at radius 2 is 1.83 bits per heavy atom. The van der Waals surface area contributed by atoms with Crippen LogP contribution >= 0.6 is 0 Å². The molecular weight excluding hydrogens is 310 g/mol. The summed E-state index contributed by atoms with van der Waals surface area (Å²) in [6.45, 7) is 2.25. The van der Waals surface area contributed by atoms with Gasteiger partial charge in [-0.05, 0) is 17.7 Å². The molecule has 1 atom stereocenters. The van der Waals surface area contributed by atoms with Crippen molar-refractivity contribution in [1.82, 2.24) is 9.80 Å². The van der Waals surface area contributed by atoms with Crippen molar-refractivity contribution in [2.24, 2.45) is 5.73 Å². The molecule has 24 heavy (non-hydrogen) atoms. The Hall–Kier alpha value is -2.12. The molecule has 2 N–H and O–H groups in total. The standard InChI is InChI=1S/C17H25N3O4/c1-23-12-15(18)17(22)20-8-6-19(7-9-20)16(21)11-13-4-3-5-14(10-13)24-2/h3-5,10,15H,6-9,11-12,18H2,1-2H3. The van der Waals surface area contributed by atoms with Gasteiger partial charge in [0.2, 0.25) is 11.8 Å². The number of nitrogens with two attached hydrogens (primary N) is 1. The highest BCUT2D eigenvalue weighted by Crippen LogP contribution is 2.14. The summed E-state index contributed by atoms with van der Waals surface area (Å²) in [6.07, 6.45) is 0.328. The van der Waals surface area contributed by atoms with E-state index in [1.807, 2.05) is 24.3 Å². The first-order valence-electron chi connectivity index (χ1n) is 7.99. The van der Waals surface area contributed by atoms with Gasteiger partial charge in [0.25, 0.3) is 0 Å². The molecule has 1 aliphatic rings. The van der Waals surface area contributed by atoms with Gasteiger partial charge in [0.05, 0.1) is 20.1 Å². The van der Waals surface area contributed by atoms with Gasteiger partial charge in [-0.15, -0.1) is 0 Å². The Morgan fingerprint density at radius 3 is 2.46 bits per heavy atom. The number of rotatable bonds is 6.